The average Bonchev–Trinajstić information content (AvgIpc) is 2.55. The van der Waals surface area contributed by atoms with Crippen LogP contribution in [0.5, 0.6) is 0 Å². The van der Waals surface area contributed by atoms with E-state index in [4.69, 9.17) is 10.2 Å². The van der Waals surface area contributed by atoms with Gasteiger partial charge in [0.15, 0.2) is 0 Å². The molecule has 8 heteroatoms. The predicted octanol–water partition coefficient (Wildman–Crippen LogP) is 0.201. The zero-order valence-corrected chi connectivity index (χ0v) is 12.6. The Balaban J connectivity index is 2.43. The molecular formula is C16H16N2O6. The van der Waals surface area contributed by atoms with Crippen LogP contribution < -0.4 is 10.6 Å². The van der Waals surface area contributed by atoms with E-state index in [1.165, 1.54) is 0 Å². The van der Waals surface area contributed by atoms with Gasteiger partial charge < -0.3 is 20.8 Å². The van der Waals surface area contributed by atoms with Gasteiger partial charge >= 0.3 is 11.9 Å². The van der Waals surface area contributed by atoms with E-state index in [2.05, 4.69) is 10.6 Å². The fraction of sp³-hybridized carbons (Fsp3) is 0.125. The second kappa shape index (κ2) is 9.57. The molecule has 0 aliphatic carbocycles. The smallest absolute Gasteiger partial charge is 0.328 e. The van der Waals surface area contributed by atoms with E-state index >= 15 is 0 Å². The molecule has 0 spiro atoms. The van der Waals surface area contributed by atoms with Crippen molar-refractivity contribution in [3.05, 3.63) is 59.7 Å². The van der Waals surface area contributed by atoms with Gasteiger partial charge in [0.2, 0.25) is 11.8 Å². The summed E-state index contributed by atoms with van der Waals surface area (Å²) < 4.78 is 0. The number of hydrogen-bond acceptors (Lipinski definition) is 4. The average molecular weight is 332 g/mol. The third kappa shape index (κ3) is 8.13. The molecule has 8 nitrogen and oxygen atoms in total. The quantitative estimate of drug-likeness (QED) is 0.503. The van der Waals surface area contributed by atoms with Crippen LogP contribution >= 0.6 is 0 Å². The molecule has 0 aromatic heterocycles. The third-order valence-corrected chi connectivity index (χ3v) is 2.71. The van der Waals surface area contributed by atoms with E-state index in [9.17, 15) is 19.2 Å². The van der Waals surface area contributed by atoms with E-state index in [-0.39, 0.29) is 13.1 Å². The van der Waals surface area contributed by atoms with Crippen LogP contribution in [0.25, 0.3) is 0 Å². The largest absolute Gasteiger partial charge is 0.478 e. The molecule has 1 rings (SSSR count). The molecule has 0 saturated carbocycles. The number of aliphatic carboxylic acids is 2. The molecule has 4 N–H and O–H groups in total. The van der Waals surface area contributed by atoms with E-state index in [0.29, 0.717) is 0 Å². The third-order valence-electron chi connectivity index (χ3n) is 2.71. The predicted molar refractivity (Wildman–Crippen MR) is 83.7 cm³/mol. The number of hydrogen-bond donors (Lipinski definition) is 4. The molecule has 126 valence electrons. The monoisotopic (exact) mass is 332 g/mol. The molecule has 0 radical (unpaired) electrons. The summed E-state index contributed by atoms with van der Waals surface area (Å²) in [5.41, 5.74) is 1.60. The summed E-state index contributed by atoms with van der Waals surface area (Å²) in [6, 6.07) is 6.98. The SMILES string of the molecule is O=C(O)C=CC(=O)NCc1ccc(CNC(=O)C=CC(=O)O)cc1. The summed E-state index contributed by atoms with van der Waals surface area (Å²) in [5, 5.41) is 21.9. The molecule has 0 atom stereocenters. The van der Waals surface area contributed by atoms with Crippen LogP contribution in [-0.4, -0.2) is 34.0 Å². The van der Waals surface area contributed by atoms with Crippen LogP contribution in [0.1, 0.15) is 11.1 Å². The first-order chi connectivity index (χ1) is 11.4. The minimum Gasteiger partial charge on any atom is -0.478 e. The minimum atomic E-state index is -1.20. The first kappa shape index (κ1) is 18.6. The highest BCUT2D eigenvalue weighted by molar-refractivity contribution is 5.94. The Hall–Kier alpha value is -3.42. The topological polar surface area (TPSA) is 133 Å². The maximum absolute atomic E-state index is 11.3. The van der Waals surface area contributed by atoms with Gasteiger partial charge in [-0.25, -0.2) is 9.59 Å². The van der Waals surface area contributed by atoms with Crippen molar-refractivity contribution >= 4 is 23.8 Å². The van der Waals surface area contributed by atoms with Gasteiger partial charge in [-0.15, -0.1) is 0 Å². The molecule has 0 heterocycles. The number of carbonyl (C=O) groups is 4. The van der Waals surface area contributed by atoms with Crippen LogP contribution in [0, 0.1) is 0 Å². The van der Waals surface area contributed by atoms with Crippen LogP contribution in [0.15, 0.2) is 48.6 Å². The maximum atomic E-state index is 11.3. The fourth-order valence-electron chi connectivity index (χ4n) is 1.57. The van der Waals surface area contributed by atoms with Crippen molar-refractivity contribution in [3.63, 3.8) is 0 Å². The zero-order valence-electron chi connectivity index (χ0n) is 12.6. The van der Waals surface area contributed by atoms with Crippen LogP contribution in [-0.2, 0) is 32.3 Å². The number of rotatable bonds is 8. The standard InChI is InChI=1S/C16H16N2O6/c19-13(5-7-15(21)22)17-9-11-1-2-12(4-3-11)10-18-14(20)6-8-16(23)24/h1-8H,9-10H2,(H,17,19)(H,18,20)(H,21,22)(H,23,24). The van der Waals surface area contributed by atoms with Crippen molar-refractivity contribution in [1.82, 2.24) is 10.6 Å². The molecular weight excluding hydrogens is 316 g/mol. The maximum Gasteiger partial charge on any atom is 0.328 e. The van der Waals surface area contributed by atoms with Crippen LogP contribution in [0.3, 0.4) is 0 Å². The van der Waals surface area contributed by atoms with Gasteiger partial charge in [-0.05, 0) is 11.1 Å². The lowest BCUT2D eigenvalue weighted by Crippen LogP contribution is -2.21. The summed E-state index contributed by atoms with van der Waals surface area (Å²) in [6.45, 7) is 0.466. The molecule has 24 heavy (non-hydrogen) atoms. The Morgan fingerprint density at radius 3 is 1.33 bits per heavy atom. The molecule has 0 aliphatic heterocycles. The Bertz CT molecular complexity index is 617. The van der Waals surface area contributed by atoms with Gasteiger partial charge in [0.25, 0.3) is 0 Å². The lowest BCUT2D eigenvalue weighted by Gasteiger charge is -2.06. The van der Waals surface area contributed by atoms with Gasteiger partial charge in [-0.2, -0.15) is 0 Å². The lowest BCUT2D eigenvalue weighted by molar-refractivity contribution is -0.132. The summed E-state index contributed by atoms with van der Waals surface area (Å²) in [6.07, 6.45) is 3.35. The highest BCUT2D eigenvalue weighted by atomic mass is 16.4. The number of nitrogens with one attached hydrogen (secondary N) is 2. The summed E-state index contributed by atoms with van der Waals surface area (Å²) in [5.74, 6) is -3.43. The molecule has 1 aromatic rings. The van der Waals surface area contributed by atoms with Crippen molar-refractivity contribution < 1.29 is 29.4 Å². The number of amides is 2. The zero-order chi connectivity index (χ0) is 17.9. The lowest BCUT2D eigenvalue weighted by atomic mass is 10.1. The van der Waals surface area contributed by atoms with Crippen molar-refractivity contribution in [1.29, 1.82) is 0 Å². The van der Waals surface area contributed by atoms with Crippen molar-refractivity contribution in [2.24, 2.45) is 0 Å². The molecule has 2 amide bonds. The molecule has 0 fully saturated rings. The normalized spacial score (nSPS) is 10.7. The highest BCUT2D eigenvalue weighted by Crippen LogP contribution is 2.04. The van der Waals surface area contributed by atoms with E-state index in [1.54, 1.807) is 24.3 Å². The second-order valence-corrected chi connectivity index (χ2v) is 4.60. The molecule has 1 aromatic carbocycles. The van der Waals surface area contributed by atoms with Gasteiger partial charge in [0.05, 0.1) is 0 Å². The number of carboxylic acid groups (broad SMARTS) is 2. The summed E-state index contributed by atoms with van der Waals surface area (Å²) >= 11 is 0. The van der Waals surface area contributed by atoms with Crippen molar-refractivity contribution in [2.75, 3.05) is 0 Å². The Kier molecular flexibility index (Phi) is 7.43. The fourth-order valence-corrected chi connectivity index (χ4v) is 1.57. The highest BCUT2D eigenvalue weighted by Gasteiger charge is 2.00. The number of carbonyl (C=O) groups excluding carboxylic acids is 2. The first-order valence-corrected chi connectivity index (χ1v) is 6.82. The van der Waals surface area contributed by atoms with E-state index < -0.39 is 23.8 Å². The van der Waals surface area contributed by atoms with E-state index in [1.807, 2.05) is 0 Å². The molecule has 0 bridgehead atoms. The summed E-state index contributed by atoms with van der Waals surface area (Å²) in [4.78, 5) is 43.2. The Morgan fingerprint density at radius 1 is 0.708 bits per heavy atom. The second-order valence-electron chi connectivity index (χ2n) is 4.60. The number of benzene rings is 1. The van der Waals surface area contributed by atoms with Crippen LogP contribution in [0.2, 0.25) is 0 Å². The molecule has 0 unspecified atom stereocenters. The summed E-state index contributed by atoms with van der Waals surface area (Å²) in [7, 11) is 0. The first-order valence-electron chi connectivity index (χ1n) is 6.82. The van der Waals surface area contributed by atoms with Gasteiger partial charge in [-0.1, -0.05) is 24.3 Å². The van der Waals surface area contributed by atoms with Crippen molar-refractivity contribution in [3.8, 4) is 0 Å². The minimum absolute atomic E-state index is 0.233. The van der Waals surface area contributed by atoms with Gasteiger partial charge in [0, 0.05) is 37.4 Å². The Morgan fingerprint density at radius 2 is 1.04 bits per heavy atom. The Labute approximate surface area is 137 Å². The number of carboxylic acids is 2. The molecule has 0 aliphatic rings. The molecule has 0 saturated heterocycles. The van der Waals surface area contributed by atoms with Gasteiger partial charge in [0.1, 0.15) is 0 Å². The van der Waals surface area contributed by atoms with E-state index in [0.717, 1.165) is 35.4 Å². The van der Waals surface area contributed by atoms with Crippen LogP contribution in [0.4, 0.5) is 0 Å². The van der Waals surface area contributed by atoms with Gasteiger partial charge in [-0.3, -0.25) is 9.59 Å². The van der Waals surface area contributed by atoms with Crippen molar-refractivity contribution in [2.45, 2.75) is 13.1 Å².